The highest BCUT2D eigenvalue weighted by molar-refractivity contribution is 5.41. The lowest BCUT2D eigenvalue weighted by molar-refractivity contribution is 0.265. The molecule has 1 aliphatic rings. The molecule has 1 atom stereocenters. The van der Waals surface area contributed by atoms with Crippen molar-refractivity contribution in [3.05, 3.63) is 17.6 Å². The Kier molecular flexibility index (Phi) is 3.36. The van der Waals surface area contributed by atoms with Gasteiger partial charge in [-0.05, 0) is 19.8 Å². The van der Waals surface area contributed by atoms with Crippen molar-refractivity contribution in [1.29, 1.82) is 0 Å². The zero-order chi connectivity index (χ0) is 11.5. The topological polar surface area (TPSA) is 75.3 Å². The van der Waals surface area contributed by atoms with Gasteiger partial charge in [0, 0.05) is 19.2 Å². The molecule has 1 saturated heterocycles. The van der Waals surface area contributed by atoms with E-state index in [1.54, 1.807) is 0 Å². The van der Waals surface area contributed by atoms with E-state index < -0.39 is 6.04 Å². The molecule has 16 heavy (non-hydrogen) atoms. The third-order valence-electron chi connectivity index (χ3n) is 2.85. The number of aliphatic hydroxyl groups is 1. The van der Waals surface area contributed by atoms with Crippen molar-refractivity contribution < 1.29 is 5.11 Å². The zero-order valence-corrected chi connectivity index (χ0v) is 9.56. The summed E-state index contributed by atoms with van der Waals surface area (Å²) in [4.78, 5) is 10.9. The van der Waals surface area contributed by atoms with Crippen LogP contribution in [0.15, 0.2) is 6.07 Å². The summed E-state index contributed by atoms with van der Waals surface area (Å²) >= 11 is 0. The van der Waals surface area contributed by atoms with Crippen LogP contribution < -0.4 is 10.6 Å². The van der Waals surface area contributed by atoms with E-state index in [0.29, 0.717) is 5.82 Å². The Bertz CT molecular complexity index is 363. The van der Waals surface area contributed by atoms with Gasteiger partial charge >= 0.3 is 0 Å². The molecular weight excluding hydrogens is 204 g/mol. The van der Waals surface area contributed by atoms with E-state index in [2.05, 4.69) is 14.9 Å². The van der Waals surface area contributed by atoms with Crippen LogP contribution in [-0.4, -0.2) is 34.8 Å². The second kappa shape index (κ2) is 4.76. The van der Waals surface area contributed by atoms with Gasteiger partial charge in [0.05, 0.1) is 18.3 Å². The van der Waals surface area contributed by atoms with Crippen LogP contribution in [0.2, 0.25) is 0 Å². The molecule has 5 nitrogen and oxygen atoms in total. The van der Waals surface area contributed by atoms with Gasteiger partial charge in [0.1, 0.15) is 11.6 Å². The summed E-state index contributed by atoms with van der Waals surface area (Å²) in [5.74, 6) is 1.65. The minimum atomic E-state index is -0.414. The molecule has 88 valence electrons. The fourth-order valence-electron chi connectivity index (χ4n) is 1.97. The predicted octanol–water partition coefficient (Wildman–Crippen LogP) is 0.377. The van der Waals surface area contributed by atoms with Crippen molar-refractivity contribution in [2.24, 2.45) is 5.73 Å². The van der Waals surface area contributed by atoms with Gasteiger partial charge in [-0.1, -0.05) is 0 Å². The Morgan fingerprint density at radius 1 is 1.44 bits per heavy atom. The fourth-order valence-corrected chi connectivity index (χ4v) is 1.97. The molecule has 0 spiro atoms. The Hall–Kier alpha value is -1.20. The predicted molar refractivity (Wildman–Crippen MR) is 62.2 cm³/mol. The number of anilines is 1. The number of aromatic nitrogens is 2. The zero-order valence-electron chi connectivity index (χ0n) is 9.56. The average molecular weight is 222 g/mol. The molecule has 2 heterocycles. The fraction of sp³-hybridized carbons (Fsp3) is 0.636. The third kappa shape index (κ3) is 2.31. The van der Waals surface area contributed by atoms with Crippen LogP contribution in [0.5, 0.6) is 0 Å². The van der Waals surface area contributed by atoms with Crippen LogP contribution in [0, 0.1) is 6.92 Å². The van der Waals surface area contributed by atoms with Crippen molar-refractivity contribution in [3.63, 3.8) is 0 Å². The molecule has 1 aromatic rings. The molecule has 0 bridgehead atoms. The highest BCUT2D eigenvalue weighted by Crippen LogP contribution is 2.20. The average Bonchev–Trinajstić information content (AvgIpc) is 2.80. The number of hydrogen-bond donors (Lipinski definition) is 2. The van der Waals surface area contributed by atoms with Crippen LogP contribution >= 0.6 is 0 Å². The standard InChI is InChI=1S/C11H18N4O/c1-8-13-10(9(12)7-16)6-11(14-8)15-4-2-3-5-15/h6,9,16H,2-5,7,12H2,1H3. The second-order valence-corrected chi connectivity index (χ2v) is 4.18. The molecule has 1 fully saturated rings. The molecule has 3 N–H and O–H groups in total. The third-order valence-corrected chi connectivity index (χ3v) is 2.85. The quantitative estimate of drug-likeness (QED) is 0.773. The first-order chi connectivity index (χ1) is 7.70. The van der Waals surface area contributed by atoms with E-state index in [1.807, 2.05) is 13.0 Å². The number of aryl methyl sites for hydroxylation is 1. The lowest BCUT2D eigenvalue weighted by atomic mass is 10.2. The van der Waals surface area contributed by atoms with Gasteiger partial charge in [-0.3, -0.25) is 0 Å². The van der Waals surface area contributed by atoms with Gasteiger partial charge in [-0.15, -0.1) is 0 Å². The number of hydrogen-bond acceptors (Lipinski definition) is 5. The minimum Gasteiger partial charge on any atom is -0.394 e. The normalized spacial score (nSPS) is 17.8. The minimum absolute atomic E-state index is 0.0874. The van der Waals surface area contributed by atoms with E-state index in [-0.39, 0.29) is 6.61 Å². The molecule has 0 radical (unpaired) electrons. The van der Waals surface area contributed by atoms with Crippen LogP contribution in [0.3, 0.4) is 0 Å². The summed E-state index contributed by atoms with van der Waals surface area (Å²) in [7, 11) is 0. The monoisotopic (exact) mass is 222 g/mol. The largest absolute Gasteiger partial charge is 0.394 e. The lowest BCUT2D eigenvalue weighted by Crippen LogP contribution is -2.22. The van der Waals surface area contributed by atoms with Gasteiger partial charge < -0.3 is 15.7 Å². The molecule has 1 aromatic heterocycles. The summed E-state index contributed by atoms with van der Waals surface area (Å²) in [5, 5.41) is 9.04. The van der Waals surface area contributed by atoms with Crippen molar-refractivity contribution in [2.45, 2.75) is 25.8 Å². The van der Waals surface area contributed by atoms with Gasteiger partial charge in [-0.2, -0.15) is 0 Å². The van der Waals surface area contributed by atoms with Gasteiger partial charge in [0.25, 0.3) is 0 Å². The molecule has 0 amide bonds. The van der Waals surface area contributed by atoms with Crippen LogP contribution in [-0.2, 0) is 0 Å². The second-order valence-electron chi connectivity index (χ2n) is 4.18. The SMILES string of the molecule is Cc1nc(C(N)CO)cc(N2CCCC2)n1. The van der Waals surface area contributed by atoms with E-state index in [9.17, 15) is 0 Å². The number of nitrogens with zero attached hydrogens (tertiary/aromatic N) is 3. The molecule has 1 aliphatic heterocycles. The van der Waals surface area contributed by atoms with Gasteiger partial charge in [-0.25, -0.2) is 9.97 Å². The Morgan fingerprint density at radius 3 is 2.75 bits per heavy atom. The first-order valence-electron chi connectivity index (χ1n) is 5.67. The summed E-state index contributed by atoms with van der Waals surface area (Å²) in [6.45, 7) is 3.86. The maximum absolute atomic E-state index is 9.04. The molecule has 0 aromatic carbocycles. The highest BCUT2D eigenvalue weighted by Gasteiger charge is 2.16. The van der Waals surface area contributed by atoms with E-state index >= 15 is 0 Å². The molecule has 0 saturated carbocycles. The lowest BCUT2D eigenvalue weighted by Gasteiger charge is -2.18. The smallest absolute Gasteiger partial charge is 0.132 e. The molecule has 1 unspecified atom stereocenters. The molecular formula is C11H18N4O. The van der Waals surface area contributed by atoms with Crippen molar-refractivity contribution >= 4 is 5.82 Å². The van der Waals surface area contributed by atoms with E-state index in [0.717, 1.165) is 24.6 Å². The van der Waals surface area contributed by atoms with E-state index in [1.165, 1.54) is 12.8 Å². The molecule has 2 rings (SSSR count). The van der Waals surface area contributed by atoms with Crippen LogP contribution in [0.4, 0.5) is 5.82 Å². The van der Waals surface area contributed by atoms with E-state index in [4.69, 9.17) is 10.8 Å². The Morgan fingerprint density at radius 2 is 2.12 bits per heavy atom. The number of rotatable bonds is 3. The Balaban J connectivity index is 2.27. The maximum atomic E-state index is 9.04. The number of nitrogens with two attached hydrogens (primary N) is 1. The summed E-state index contributed by atoms with van der Waals surface area (Å²) in [5.41, 5.74) is 6.49. The first-order valence-corrected chi connectivity index (χ1v) is 5.67. The summed E-state index contributed by atoms with van der Waals surface area (Å²) < 4.78 is 0. The van der Waals surface area contributed by atoms with Gasteiger partial charge in [0.2, 0.25) is 0 Å². The summed E-state index contributed by atoms with van der Waals surface area (Å²) in [6, 6.07) is 1.47. The maximum Gasteiger partial charge on any atom is 0.132 e. The van der Waals surface area contributed by atoms with Crippen LogP contribution in [0.1, 0.15) is 30.4 Å². The van der Waals surface area contributed by atoms with Crippen molar-refractivity contribution in [1.82, 2.24) is 9.97 Å². The van der Waals surface area contributed by atoms with Crippen LogP contribution in [0.25, 0.3) is 0 Å². The molecule has 0 aliphatic carbocycles. The van der Waals surface area contributed by atoms with Gasteiger partial charge in [0.15, 0.2) is 0 Å². The summed E-state index contributed by atoms with van der Waals surface area (Å²) in [6.07, 6.45) is 2.43. The highest BCUT2D eigenvalue weighted by atomic mass is 16.3. The Labute approximate surface area is 95.3 Å². The molecule has 5 heteroatoms. The number of aliphatic hydroxyl groups excluding tert-OH is 1. The first kappa shape index (κ1) is 11.3. The van der Waals surface area contributed by atoms with Crippen molar-refractivity contribution in [2.75, 3.05) is 24.6 Å². The van der Waals surface area contributed by atoms with Crippen molar-refractivity contribution in [3.8, 4) is 0 Å².